The third kappa shape index (κ3) is 3.34. The first-order valence-corrected chi connectivity index (χ1v) is 6.62. The highest BCUT2D eigenvalue weighted by molar-refractivity contribution is 5.75. The number of methoxy groups -OCH3 is 3. The number of aromatic nitrogens is 1. The molecule has 0 saturated carbocycles. The van der Waals surface area contributed by atoms with E-state index < -0.39 is 0 Å². The van der Waals surface area contributed by atoms with E-state index in [-0.39, 0.29) is 0 Å². The van der Waals surface area contributed by atoms with Gasteiger partial charge in [-0.05, 0) is 12.1 Å². The molecular weight excluding hydrogens is 266 g/mol. The second-order valence-electron chi connectivity index (χ2n) is 4.52. The van der Waals surface area contributed by atoms with Crippen LogP contribution in [-0.2, 0) is 7.05 Å². The van der Waals surface area contributed by atoms with E-state index in [1.807, 2.05) is 60.3 Å². The van der Waals surface area contributed by atoms with E-state index in [4.69, 9.17) is 14.2 Å². The van der Waals surface area contributed by atoms with Crippen LogP contribution in [0.4, 0.5) is 0 Å². The van der Waals surface area contributed by atoms with Gasteiger partial charge in [0.1, 0.15) is 24.3 Å². The molecule has 0 aliphatic heterocycles. The summed E-state index contributed by atoms with van der Waals surface area (Å²) in [5, 5.41) is 0. The Kier molecular flexibility index (Phi) is 4.82. The summed E-state index contributed by atoms with van der Waals surface area (Å²) in [7, 11) is 6.89. The Labute approximate surface area is 125 Å². The molecule has 2 aromatic rings. The summed E-state index contributed by atoms with van der Waals surface area (Å²) in [5.74, 6) is 2.12. The number of pyridine rings is 1. The zero-order valence-corrected chi connectivity index (χ0v) is 12.8. The summed E-state index contributed by atoms with van der Waals surface area (Å²) in [6.45, 7) is 0. The smallest absolute Gasteiger partial charge is 0.204 e. The maximum Gasteiger partial charge on any atom is 0.204 e. The molecule has 0 bridgehead atoms. The number of hydrogen-bond acceptors (Lipinski definition) is 3. The van der Waals surface area contributed by atoms with Crippen molar-refractivity contribution in [3.63, 3.8) is 0 Å². The summed E-state index contributed by atoms with van der Waals surface area (Å²) in [5.41, 5.74) is 1.96. The number of nitrogens with zero attached hydrogens (tertiary/aromatic N) is 1. The molecule has 0 aliphatic carbocycles. The van der Waals surface area contributed by atoms with Crippen LogP contribution in [0.5, 0.6) is 17.2 Å². The molecule has 0 unspecified atom stereocenters. The zero-order chi connectivity index (χ0) is 15.2. The van der Waals surface area contributed by atoms with Gasteiger partial charge < -0.3 is 14.2 Å². The first-order valence-electron chi connectivity index (χ1n) is 6.62. The van der Waals surface area contributed by atoms with E-state index in [0.717, 1.165) is 11.3 Å². The van der Waals surface area contributed by atoms with Crippen molar-refractivity contribution >= 4 is 12.2 Å². The fourth-order valence-corrected chi connectivity index (χ4v) is 2.08. The molecule has 4 nitrogen and oxygen atoms in total. The van der Waals surface area contributed by atoms with E-state index >= 15 is 0 Å². The average Bonchev–Trinajstić information content (AvgIpc) is 2.53. The topological polar surface area (TPSA) is 31.6 Å². The molecule has 1 heterocycles. The number of ether oxygens (including phenoxy) is 3. The van der Waals surface area contributed by atoms with Crippen molar-refractivity contribution in [2.24, 2.45) is 7.05 Å². The molecule has 0 saturated heterocycles. The highest BCUT2D eigenvalue weighted by atomic mass is 16.5. The lowest BCUT2D eigenvalue weighted by Gasteiger charge is -2.12. The number of benzene rings is 1. The van der Waals surface area contributed by atoms with Gasteiger partial charge in [0.25, 0.3) is 0 Å². The normalized spacial score (nSPS) is 10.7. The first-order chi connectivity index (χ1) is 10.2. The summed E-state index contributed by atoms with van der Waals surface area (Å²) >= 11 is 0. The van der Waals surface area contributed by atoms with Gasteiger partial charge in [0, 0.05) is 30.3 Å². The van der Waals surface area contributed by atoms with Crippen LogP contribution in [0.3, 0.4) is 0 Å². The maximum absolute atomic E-state index is 5.43. The molecule has 2 rings (SSSR count). The number of hydrogen-bond donors (Lipinski definition) is 0. The van der Waals surface area contributed by atoms with Crippen molar-refractivity contribution in [2.45, 2.75) is 0 Å². The average molecular weight is 286 g/mol. The largest absolute Gasteiger partial charge is 0.496 e. The molecule has 110 valence electrons. The van der Waals surface area contributed by atoms with Crippen LogP contribution < -0.4 is 18.8 Å². The van der Waals surface area contributed by atoms with Crippen molar-refractivity contribution in [3.05, 3.63) is 47.8 Å². The van der Waals surface area contributed by atoms with Crippen molar-refractivity contribution < 1.29 is 18.8 Å². The molecule has 0 fully saturated rings. The van der Waals surface area contributed by atoms with Gasteiger partial charge in [-0.1, -0.05) is 0 Å². The Balaban J connectivity index is 2.45. The van der Waals surface area contributed by atoms with Crippen LogP contribution >= 0.6 is 0 Å². The Morgan fingerprint density at radius 2 is 1.57 bits per heavy atom. The van der Waals surface area contributed by atoms with E-state index in [9.17, 15) is 0 Å². The fraction of sp³-hybridized carbons (Fsp3) is 0.235. The van der Waals surface area contributed by atoms with Crippen molar-refractivity contribution in [1.29, 1.82) is 0 Å². The number of aryl methyl sites for hydroxylation is 1. The highest BCUT2D eigenvalue weighted by Gasteiger charge is 2.11. The Morgan fingerprint density at radius 3 is 2.10 bits per heavy atom. The Hall–Kier alpha value is -2.49. The molecule has 4 heteroatoms. The quantitative estimate of drug-likeness (QED) is 0.792. The number of rotatable bonds is 5. The molecule has 21 heavy (non-hydrogen) atoms. The lowest BCUT2D eigenvalue weighted by Crippen LogP contribution is -2.30. The molecule has 0 aliphatic rings. The minimum Gasteiger partial charge on any atom is -0.496 e. The third-order valence-corrected chi connectivity index (χ3v) is 3.27. The summed E-state index contributed by atoms with van der Waals surface area (Å²) in [4.78, 5) is 0. The molecule has 0 amide bonds. The molecule has 1 aromatic heterocycles. The monoisotopic (exact) mass is 286 g/mol. The Bertz CT molecular complexity index is 625. The molecule has 0 atom stereocenters. The minimum absolute atomic E-state index is 0.700. The van der Waals surface area contributed by atoms with Gasteiger partial charge in [-0.15, -0.1) is 0 Å². The van der Waals surface area contributed by atoms with Crippen molar-refractivity contribution in [3.8, 4) is 17.2 Å². The van der Waals surface area contributed by atoms with Crippen LogP contribution in [0, 0.1) is 0 Å². The van der Waals surface area contributed by atoms with Gasteiger partial charge in [0.05, 0.1) is 26.9 Å². The standard InChI is InChI=1S/C17H20NO3/c1-18-10-6-5-7-13(18)8-9-15-16(20-3)11-14(19-2)12-17(15)21-4/h5-12H,1-4H3/q+1. The van der Waals surface area contributed by atoms with E-state index in [0.29, 0.717) is 17.2 Å². The minimum atomic E-state index is 0.700. The zero-order valence-electron chi connectivity index (χ0n) is 12.8. The highest BCUT2D eigenvalue weighted by Crippen LogP contribution is 2.35. The van der Waals surface area contributed by atoms with E-state index in [1.165, 1.54) is 0 Å². The van der Waals surface area contributed by atoms with Crippen molar-refractivity contribution in [1.82, 2.24) is 0 Å². The third-order valence-electron chi connectivity index (χ3n) is 3.27. The fourth-order valence-electron chi connectivity index (χ4n) is 2.08. The molecule has 1 aromatic carbocycles. The lowest BCUT2D eigenvalue weighted by atomic mass is 10.1. The van der Waals surface area contributed by atoms with Crippen LogP contribution in [0.1, 0.15) is 11.3 Å². The predicted molar refractivity (Wildman–Crippen MR) is 82.6 cm³/mol. The SMILES string of the molecule is COc1cc(OC)c(C=Cc2cccc[n+]2C)c(OC)c1. The van der Waals surface area contributed by atoms with Gasteiger partial charge in [-0.2, -0.15) is 0 Å². The van der Waals surface area contributed by atoms with Gasteiger partial charge in [-0.3, -0.25) is 0 Å². The molecule has 0 radical (unpaired) electrons. The van der Waals surface area contributed by atoms with E-state index in [2.05, 4.69) is 0 Å². The first kappa shape index (κ1) is 14.9. The second-order valence-corrected chi connectivity index (χ2v) is 4.52. The summed E-state index contributed by atoms with van der Waals surface area (Å²) < 4.78 is 18.2. The predicted octanol–water partition coefficient (Wildman–Crippen LogP) is 2.71. The summed E-state index contributed by atoms with van der Waals surface area (Å²) in [6.07, 6.45) is 6.00. The maximum atomic E-state index is 5.43. The van der Waals surface area contributed by atoms with Gasteiger partial charge in [0.15, 0.2) is 6.20 Å². The van der Waals surface area contributed by atoms with Crippen LogP contribution in [0.2, 0.25) is 0 Å². The van der Waals surface area contributed by atoms with Crippen LogP contribution in [0.25, 0.3) is 12.2 Å². The molecule has 0 spiro atoms. The van der Waals surface area contributed by atoms with Gasteiger partial charge in [0.2, 0.25) is 5.69 Å². The van der Waals surface area contributed by atoms with Crippen molar-refractivity contribution in [2.75, 3.05) is 21.3 Å². The van der Waals surface area contributed by atoms with Crippen LogP contribution in [0.15, 0.2) is 36.5 Å². The molecular formula is C17H20NO3+. The van der Waals surface area contributed by atoms with E-state index in [1.54, 1.807) is 21.3 Å². The summed E-state index contributed by atoms with van der Waals surface area (Å²) in [6, 6.07) is 9.72. The second kappa shape index (κ2) is 6.79. The Morgan fingerprint density at radius 1 is 0.905 bits per heavy atom. The molecule has 0 N–H and O–H groups in total. The van der Waals surface area contributed by atoms with Crippen LogP contribution in [-0.4, -0.2) is 21.3 Å². The van der Waals surface area contributed by atoms with Gasteiger partial charge >= 0.3 is 0 Å². The lowest BCUT2D eigenvalue weighted by molar-refractivity contribution is -0.673. The van der Waals surface area contributed by atoms with Gasteiger partial charge in [-0.25, -0.2) is 4.57 Å².